The van der Waals surface area contributed by atoms with Crippen LogP contribution in [0, 0.1) is 0 Å². The molecule has 3 nitrogen and oxygen atoms in total. The summed E-state index contributed by atoms with van der Waals surface area (Å²) in [5.41, 5.74) is 0.332. The molecule has 52 valence electrons. The van der Waals surface area contributed by atoms with Crippen molar-refractivity contribution in [2.45, 2.75) is 12.2 Å². The van der Waals surface area contributed by atoms with E-state index in [0.29, 0.717) is 5.57 Å². The molecule has 0 aromatic carbocycles. The second-order valence-corrected chi connectivity index (χ2v) is 2.35. The van der Waals surface area contributed by atoms with Crippen LogP contribution in [0.3, 0.4) is 0 Å². The number of carboxylic acid groups (broad SMARTS) is 1. The Kier molecular flexibility index (Phi) is 0.964. The van der Waals surface area contributed by atoms with Crippen molar-refractivity contribution in [3.63, 3.8) is 0 Å². The van der Waals surface area contributed by atoms with Crippen molar-refractivity contribution in [3.05, 3.63) is 23.8 Å². The molecule has 2 rings (SSSR count). The summed E-state index contributed by atoms with van der Waals surface area (Å²) in [4.78, 5) is 10.3. The molecule has 0 amide bonds. The molecule has 10 heavy (non-hydrogen) atoms. The quantitative estimate of drug-likeness (QED) is 0.531. The lowest BCUT2D eigenvalue weighted by Crippen LogP contribution is -2.03. The van der Waals surface area contributed by atoms with Crippen molar-refractivity contribution in [3.8, 4) is 0 Å². The Morgan fingerprint density at radius 3 is 3.00 bits per heavy atom. The Balaban J connectivity index is 2.23. The summed E-state index contributed by atoms with van der Waals surface area (Å²) in [7, 11) is 0. The Bertz CT molecular complexity index is 239. The van der Waals surface area contributed by atoms with E-state index in [9.17, 15) is 4.79 Å². The van der Waals surface area contributed by atoms with Gasteiger partial charge in [0.05, 0.1) is 5.57 Å². The zero-order chi connectivity index (χ0) is 7.14. The monoisotopic (exact) mass is 138 g/mol. The van der Waals surface area contributed by atoms with Crippen LogP contribution in [-0.4, -0.2) is 23.3 Å². The van der Waals surface area contributed by atoms with Crippen molar-refractivity contribution in [1.82, 2.24) is 0 Å². The van der Waals surface area contributed by atoms with Crippen LogP contribution in [-0.2, 0) is 9.53 Å². The summed E-state index contributed by atoms with van der Waals surface area (Å²) >= 11 is 0. The average molecular weight is 138 g/mol. The molecular formula is C7H6O3. The molecule has 2 atom stereocenters. The van der Waals surface area contributed by atoms with Gasteiger partial charge in [0.15, 0.2) is 0 Å². The first-order valence-corrected chi connectivity index (χ1v) is 3.06. The van der Waals surface area contributed by atoms with Crippen LogP contribution in [0.1, 0.15) is 0 Å². The number of hydrogen-bond acceptors (Lipinski definition) is 2. The maximum atomic E-state index is 10.3. The SMILES string of the molecule is O=C(O)C1=CC2OC2C=C1. The van der Waals surface area contributed by atoms with Gasteiger partial charge in [-0.3, -0.25) is 0 Å². The Hall–Kier alpha value is -1.09. The fourth-order valence-corrected chi connectivity index (χ4v) is 0.999. The minimum Gasteiger partial charge on any atom is -0.478 e. The molecule has 0 saturated carbocycles. The van der Waals surface area contributed by atoms with Crippen LogP contribution in [0.2, 0.25) is 0 Å². The fraction of sp³-hybridized carbons (Fsp3) is 0.286. The molecule has 1 aliphatic heterocycles. The smallest absolute Gasteiger partial charge is 0.335 e. The largest absolute Gasteiger partial charge is 0.478 e. The highest BCUT2D eigenvalue weighted by atomic mass is 16.6. The van der Waals surface area contributed by atoms with Gasteiger partial charge in [-0.2, -0.15) is 0 Å². The number of aliphatic carboxylic acids is 1. The molecular weight excluding hydrogens is 132 g/mol. The molecule has 2 aliphatic rings. The number of carbonyl (C=O) groups is 1. The molecule has 1 heterocycles. The lowest BCUT2D eigenvalue weighted by molar-refractivity contribution is -0.132. The Labute approximate surface area is 57.6 Å². The third-order valence-electron chi connectivity index (χ3n) is 1.62. The third kappa shape index (κ3) is 0.752. The molecule has 0 spiro atoms. The maximum Gasteiger partial charge on any atom is 0.335 e. The van der Waals surface area contributed by atoms with E-state index < -0.39 is 5.97 Å². The Morgan fingerprint density at radius 1 is 1.60 bits per heavy atom. The first-order valence-electron chi connectivity index (χ1n) is 3.06. The molecule has 0 aromatic rings. The van der Waals surface area contributed by atoms with E-state index in [4.69, 9.17) is 9.84 Å². The van der Waals surface area contributed by atoms with Gasteiger partial charge in [0.2, 0.25) is 0 Å². The molecule has 1 aliphatic carbocycles. The Morgan fingerprint density at radius 2 is 2.40 bits per heavy atom. The fourth-order valence-electron chi connectivity index (χ4n) is 0.999. The number of epoxide rings is 1. The lowest BCUT2D eigenvalue weighted by atomic mass is 10.1. The van der Waals surface area contributed by atoms with Gasteiger partial charge < -0.3 is 9.84 Å². The number of ether oxygens (including phenoxy) is 1. The van der Waals surface area contributed by atoms with Gasteiger partial charge in [-0.1, -0.05) is 6.08 Å². The normalized spacial score (nSPS) is 34.6. The second kappa shape index (κ2) is 1.70. The number of fused-ring (bicyclic) bond motifs is 1. The highest BCUT2D eigenvalue weighted by Gasteiger charge is 2.37. The average Bonchev–Trinajstić information content (AvgIpc) is 2.63. The van der Waals surface area contributed by atoms with Crippen molar-refractivity contribution in [2.75, 3.05) is 0 Å². The summed E-state index contributed by atoms with van der Waals surface area (Å²) < 4.78 is 5.03. The van der Waals surface area contributed by atoms with E-state index in [2.05, 4.69) is 0 Å². The minimum atomic E-state index is -0.884. The predicted octanol–water partition coefficient (Wildman–Crippen LogP) is 0.335. The topological polar surface area (TPSA) is 49.8 Å². The zero-order valence-electron chi connectivity index (χ0n) is 5.15. The molecule has 1 saturated heterocycles. The highest BCUT2D eigenvalue weighted by molar-refractivity contribution is 5.90. The molecule has 0 aromatic heterocycles. The first-order chi connectivity index (χ1) is 4.77. The van der Waals surface area contributed by atoms with Gasteiger partial charge in [-0.05, 0) is 12.2 Å². The molecule has 1 N–H and O–H groups in total. The zero-order valence-corrected chi connectivity index (χ0v) is 5.15. The molecule has 3 heteroatoms. The summed E-state index contributed by atoms with van der Waals surface area (Å²) in [6.45, 7) is 0. The summed E-state index contributed by atoms with van der Waals surface area (Å²) in [5.74, 6) is -0.884. The number of carboxylic acids is 1. The van der Waals surface area contributed by atoms with Crippen LogP contribution < -0.4 is 0 Å². The van der Waals surface area contributed by atoms with Crippen LogP contribution >= 0.6 is 0 Å². The van der Waals surface area contributed by atoms with E-state index in [-0.39, 0.29) is 12.2 Å². The molecule has 1 fully saturated rings. The van der Waals surface area contributed by atoms with Gasteiger partial charge in [0, 0.05) is 0 Å². The van der Waals surface area contributed by atoms with E-state index in [1.165, 1.54) is 0 Å². The van der Waals surface area contributed by atoms with E-state index >= 15 is 0 Å². The molecule has 2 unspecified atom stereocenters. The summed E-state index contributed by atoms with van der Waals surface area (Å²) in [6, 6.07) is 0. The van der Waals surface area contributed by atoms with Gasteiger partial charge in [-0.15, -0.1) is 0 Å². The summed E-state index contributed by atoms with van der Waals surface area (Å²) in [5, 5.41) is 8.50. The van der Waals surface area contributed by atoms with Crippen molar-refractivity contribution < 1.29 is 14.6 Å². The van der Waals surface area contributed by atoms with Crippen LogP contribution in [0.25, 0.3) is 0 Å². The standard InChI is InChI=1S/C7H6O3/c8-7(9)4-1-2-5-6(3-4)10-5/h1-3,5-6H,(H,8,9). The van der Waals surface area contributed by atoms with Crippen molar-refractivity contribution in [1.29, 1.82) is 0 Å². The molecule has 0 radical (unpaired) electrons. The van der Waals surface area contributed by atoms with Gasteiger partial charge in [0.1, 0.15) is 12.2 Å². The highest BCUT2D eigenvalue weighted by Crippen LogP contribution is 2.29. The predicted molar refractivity (Wildman–Crippen MR) is 33.5 cm³/mol. The maximum absolute atomic E-state index is 10.3. The van der Waals surface area contributed by atoms with E-state index in [0.717, 1.165) is 0 Å². The minimum absolute atomic E-state index is 0.0381. The third-order valence-corrected chi connectivity index (χ3v) is 1.62. The number of hydrogen-bond donors (Lipinski definition) is 1. The van der Waals surface area contributed by atoms with E-state index in [1.54, 1.807) is 18.2 Å². The first kappa shape index (κ1) is 5.68. The van der Waals surface area contributed by atoms with Crippen molar-refractivity contribution >= 4 is 5.97 Å². The number of rotatable bonds is 1. The van der Waals surface area contributed by atoms with Crippen LogP contribution in [0.15, 0.2) is 23.8 Å². The van der Waals surface area contributed by atoms with Gasteiger partial charge in [0.25, 0.3) is 0 Å². The van der Waals surface area contributed by atoms with Gasteiger partial charge >= 0.3 is 5.97 Å². The summed E-state index contributed by atoms with van der Waals surface area (Å²) in [6.07, 6.45) is 5.18. The van der Waals surface area contributed by atoms with Gasteiger partial charge in [-0.25, -0.2) is 4.79 Å². The molecule has 0 bridgehead atoms. The van der Waals surface area contributed by atoms with E-state index in [1.807, 2.05) is 0 Å². The van der Waals surface area contributed by atoms with Crippen LogP contribution in [0.5, 0.6) is 0 Å². The van der Waals surface area contributed by atoms with Crippen LogP contribution in [0.4, 0.5) is 0 Å². The lowest BCUT2D eigenvalue weighted by Gasteiger charge is -1.95. The second-order valence-electron chi connectivity index (χ2n) is 2.35. The van der Waals surface area contributed by atoms with Crippen molar-refractivity contribution in [2.24, 2.45) is 0 Å².